The van der Waals surface area contributed by atoms with E-state index in [1.165, 1.54) is 5.56 Å². The number of nitrogens with zero attached hydrogens (tertiary/aromatic N) is 2. The quantitative estimate of drug-likeness (QED) is 0.459. The van der Waals surface area contributed by atoms with E-state index in [-0.39, 0.29) is 11.9 Å². The van der Waals surface area contributed by atoms with Crippen molar-refractivity contribution in [2.24, 2.45) is 0 Å². The number of nitrogens with one attached hydrogen (secondary N) is 1. The standard InChI is InChI=1S/C26H31N3O2S/c1-18-11-13-21(14-12-18)28-23(30)16-15-22-10-6-7-17-29(22)26(31)24-25(32-19(2)27-24)20-8-4-3-5-9-20/h3-5,8-9,11-14,22-23,28,30H,6-7,10,15-17H2,1-2H3. The Morgan fingerprint density at radius 3 is 2.66 bits per heavy atom. The number of aliphatic hydroxyl groups excluding tert-OH is 1. The molecule has 0 radical (unpaired) electrons. The zero-order valence-corrected chi connectivity index (χ0v) is 19.6. The van der Waals surface area contributed by atoms with Gasteiger partial charge in [-0.1, -0.05) is 48.0 Å². The topological polar surface area (TPSA) is 65.5 Å². The van der Waals surface area contributed by atoms with E-state index in [9.17, 15) is 9.90 Å². The van der Waals surface area contributed by atoms with E-state index in [1.807, 2.05) is 73.3 Å². The number of aryl methyl sites for hydroxylation is 2. The molecule has 2 unspecified atom stereocenters. The summed E-state index contributed by atoms with van der Waals surface area (Å²) < 4.78 is 0. The fourth-order valence-electron chi connectivity index (χ4n) is 4.33. The predicted molar refractivity (Wildman–Crippen MR) is 131 cm³/mol. The number of piperidine rings is 1. The summed E-state index contributed by atoms with van der Waals surface area (Å²) >= 11 is 1.57. The molecule has 6 heteroatoms. The molecule has 2 N–H and O–H groups in total. The minimum Gasteiger partial charge on any atom is -0.374 e. The molecule has 32 heavy (non-hydrogen) atoms. The number of aliphatic hydroxyl groups is 1. The zero-order valence-electron chi connectivity index (χ0n) is 18.8. The summed E-state index contributed by atoms with van der Waals surface area (Å²) in [4.78, 5) is 21.1. The normalized spacial score (nSPS) is 17.2. The molecule has 5 nitrogen and oxygen atoms in total. The first-order valence-electron chi connectivity index (χ1n) is 11.4. The average molecular weight is 450 g/mol. The lowest BCUT2D eigenvalue weighted by Crippen LogP contribution is -2.44. The Hall–Kier alpha value is -2.70. The fourth-order valence-corrected chi connectivity index (χ4v) is 5.24. The van der Waals surface area contributed by atoms with Gasteiger partial charge >= 0.3 is 0 Å². The van der Waals surface area contributed by atoms with Gasteiger partial charge in [-0.05, 0) is 63.6 Å². The van der Waals surface area contributed by atoms with Gasteiger partial charge in [-0.2, -0.15) is 0 Å². The molecule has 1 aromatic heterocycles. The smallest absolute Gasteiger partial charge is 0.274 e. The fraction of sp³-hybridized carbons (Fsp3) is 0.385. The lowest BCUT2D eigenvalue weighted by Gasteiger charge is -2.36. The van der Waals surface area contributed by atoms with Crippen LogP contribution in [0, 0.1) is 13.8 Å². The molecular weight excluding hydrogens is 418 g/mol. The van der Waals surface area contributed by atoms with Crippen molar-refractivity contribution in [1.29, 1.82) is 0 Å². The highest BCUT2D eigenvalue weighted by atomic mass is 32.1. The molecule has 4 rings (SSSR count). The van der Waals surface area contributed by atoms with Crippen molar-refractivity contribution in [3.05, 3.63) is 70.9 Å². The predicted octanol–water partition coefficient (Wildman–Crippen LogP) is 5.63. The second-order valence-electron chi connectivity index (χ2n) is 8.53. The number of thiazole rings is 1. The molecule has 1 aliphatic rings. The summed E-state index contributed by atoms with van der Waals surface area (Å²) in [5.74, 6) is 0.0129. The van der Waals surface area contributed by atoms with Gasteiger partial charge in [0.25, 0.3) is 5.91 Å². The van der Waals surface area contributed by atoms with Crippen LogP contribution in [0.25, 0.3) is 10.4 Å². The summed E-state index contributed by atoms with van der Waals surface area (Å²) in [6, 6.07) is 18.2. The van der Waals surface area contributed by atoms with Gasteiger partial charge in [0.05, 0.1) is 9.88 Å². The molecule has 2 heterocycles. The number of rotatable bonds is 7. The molecule has 0 bridgehead atoms. The van der Waals surface area contributed by atoms with Crippen molar-refractivity contribution in [2.75, 3.05) is 11.9 Å². The Balaban J connectivity index is 1.44. The average Bonchev–Trinajstić information content (AvgIpc) is 3.21. The first-order chi connectivity index (χ1) is 15.5. The van der Waals surface area contributed by atoms with Gasteiger partial charge in [0.1, 0.15) is 11.9 Å². The van der Waals surface area contributed by atoms with E-state index in [1.54, 1.807) is 11.3 Å². The highest BCUT2D eigenvalue weighted by molar-refractivity contribution is 7.15. The molecule has 168 valence electrons. The van der Waals surface area contributed by atoms with Gasteiger partial charge in [0.2, 0.25) is 0 Å². The number of benzene rings is 2. The van der Waals surface area contributed by atoms with Crippen LogP contribution in [0.3, 0.4) is 0 Å². The number of aromatic nitrogens is 1. The minimum absolute atomic E-state index is 0.0129. The van der Waals surface area contributed by atoms with Crippen LogP contribution in [0.4, 0.5) is 5.69 Å². The minimum atomic E-state index is -0.641. The van der Waals surface area contributed by atoms with E-state index in [4.69, 9.17) is 0 Å². The maximum absolute atomic E-state index is 13.6. The van der Waals surface area contributed by atoms with Crippen molar-refractivity contribution < 1.29 is 9.90 Å². The first-order valence-corrected chi connectivity index (χ1v) is 12.2. The molecule has 1 amide bonds. The molecule has 1 fully saturated rings. The van der Waals surface area contributed by atoms with Crippen LogP contribution < -0.4 is 5.32 Å². The van der Waals surface area contributed by atoms with Crippen molar-refractivity contribution >= 4 is 22.9 Å². The molecule has 2 aromatic carbocycles. The zero-order chi connectivity index (χ0) is 22.5. The highest BCUT2D eigenvalue weighted by Crippen LogP contribution is 2.33. The lowest BCUT2D eigenvalue weighted by molar-refractivity contribution is 0.0571. The molecule has 2 atom stereocenters. The van der Waals surface area contributed by atoms with Crippen LogP contribution >= 0.6 is 11.3 Å². The maximum atomic E-state index is 13.6. The van der Waals surface area contributed by atoms with E-state index in [0.717, 1.165) is 53.4 Å². The number of carbonyl (C=O) groups excluding carboxylic acids is 1. The summed E-state index contributed by atoms with van der Waals surface area (Å²) in [7, 11) is 0. The second kappa shape index (κ2) is 10.3. The summed E-state index contributed by atoms with van der Waals surface area (Å²) in [5, 5.41) is 14.6. The third kappa shape index (κ3) is 5.37. The van der Waals surface area contributed by atoms with Gasteiger partial charge in [0, 0.05) is 18.3 Å². The van der Waals surface area contributed by atoms with Crippen LogP contribution in [0.2, 0.25) is 0 Å². The third-order valence-corrected chi connectivity index (χ3v) is 7.04. The molecule has 3 aromatic rings. The number of amides is 1. The molecule has 1 aliphatic heterocycles. The van der Waals surface area contributed by atoms with Crippen molar-refractivity contribution in [3.63, 3.8) is 0 Å². The number of hydrogen-bond donors (Lipinski definition) is 2. The van der Waals surface area contributed by atoms with Crippen LogP contribution in [-0.4, -0.2) is 39.7 Å². The van der Waals surface area contributed by atoms with E-state index in [2.05, 4.69) is 10.3 Å². The largest absolute Gasteiger partial charge is 0.374 e. The maximum Gasteiger partial charge on any atom is 0.274 e. The van der Waals surface area contributed by atoms with Gasteiger partial charge in [0.15, 0.2) is 0 Å². The van der Waals surface area contributed by atoms with Gasteiger partial charge < -0.3 is 15.3 Å². The monoisotopic (exact) mass is 449 g/mol. The van der Waals surface area contributed by atoms with Gasteiger partial charge in [-0.15, -0.1) is 11.3 Å². The van der Waals surface area contributed by atoms with E-state index in [0.29, 0.717) is 12.1 Å². The van der Waals surface area contributed by atoms with Crippen LogP contribution in [0.15, 0.2) is 54.6 Å². The van der Waals surface area contributed by atoms with Gasteiger partial charge in [-0.3, -0.25) is 4.79 Å². The Kier molecular flexibility index (Phi) is 7.22. The van der Waals surface area contributed by atoms with Crippen molar-refractivity contribution in [2.45, 2.75) is 58.2 Å². The summed E-state index contributed by atoms with van der Waals surface area (Å²) in [5.41, 5.74) is 3.69. The number of anilines is 1. The molecule has 0 aliphatic carbocycles. The molecule has 1 saturated heterocycles. The second-order valence-corrected chi connectivity index (χ2v) is 9.73. The third-order valence-electron chi connectivity index (χ3n) is 6.02. The van der Waals surface area contributed by atoms with Crippen LogP contribution in [0.5, 0.6) is 0 Å². The Labute approximate surface area is 194 Å². The lowest BCUT2D eigenvalue weighted by atomic mass is 9.96. The molecule has 0 spiro atoms. The van der Waals surface area contributed by atoms with Crippen LogP contribution in [0.1, 0.15) is 53.2 Å². The molecular formula is C26H31N3O2S. The Morgan fingerprint density at radius 1 is 1.16 bits per heavy atom. The SMILES string of the molecule is Cc1ccc(NC(O)CCC2CCCCN2C(=O)c2nc(C)sc2-c2ccccc2)cc1. The highest BCUT2D eigenvalue weighted by Gasteiger charge is 2.31. The van der Waals surface area contributed by atoms with E-state index >= 15 is 0 Å². The summed E-state index contributed by atoms with van der Waals surface area (Å²) in [6.07, 6.45) is 3.79. The Bertz CT molecular complexity index is 1030. The molecule has 0 saturated carbocycles. The summed E-state index contributed by atoms with van der Waals surface area (Å²) in [6.45, 7) is 4.74. The number of carbonyl (C=O) groups is 1. The van der Waals surface area contributed by atoms with Gasteiger partial charge in [-0.25, -0.2) is 4.98 Å². The number of hydrogen-bond acceptors (Lipinski definition) is 5. The van der Waals surface area contributed by atoms with E-state index < -0.39 is 6.23 Å². The van der Waals surface area contributed by atoms with Crippen LogP contribution in [-0.2, 0) is 0 Å². The number of likely N-dealkylation sites (tertiary alicyclic amines) is 1. The first kappa shape index (κ1) is 22.5. The van der Waals surface area contributed by atoms with Crippen molar-refractivity contribution in [1.82, 2.24) is 9.88 Å². The van der Waals surface area contributed by atoms with Crippen molar-refractivity contribution in [3.8, 4) is 10.4 Å². The Morgan fingerprint density at radius 2 is 1.91 bits per heavy atom.